The minimum atomic E-state index is -0.911. The molecule has 0 bridgehead atoms. The minimum Gasteiger partial charge on any atom is -0.465 e. The van der Waals surface area contributed by atoms with E-state index >= 15 is 0 Å². The van der Waals surface area contributed by atoms with Crippen molar-refractivity contribution >= 4 is 6.09 Å². The molecule has 4 nitrogen and oxygen atoms in total. The second kappa shape index (κ2) is 6.67. The lowest BCUT2D eigenvalue weighted by Gasteiger charge is -2.26. The molecule has 1 rings (SSSR count). The second-order valence-corrected chi connectivity index (χ2v) is 4.44. The predicted octanol–water partition coefficient (Wildman–Crippen LogP) is 1.81. The van der Waals surface area contributed by atoms with Crippen LogP contribution in [-0.2, 0) is 0 Å². The molecule has 15 heavy (non-hydrogen) atoms. The first kappa shape index (κ1) is 12.3. The second-order valence-electron chi connectivity index (χ2n) is 4.44. The van der Waals surface area contributed by atoms with Gasteiger partial charge < -0.3 is 15.7 Å². The van der Waals surface area contributed by atoms with Crippen molar-refractivity contribution in [2.75, 3.05) is 13.6 Å². The van der Waals surface area contributed by atoms with Gasteiger partial charge in [0.15, 0.2) is 0 Å². The number of amides is 1. The Hall–Kier alpha value is -0.770. The summed E-state index contributed by atoms with van der Waals surface area (Å²) in [7, 11) is 1.86. The molecule has 0 saturated heterocycles. The van der Waals surface area contributed by atoms with Gasteiger partial charge in [-0.05, 0) is 19.4 Å². The van der Waals surface area contributed by atoms with Crippen LogP contribution in [0.15, 0.2) is 0 Å². The summed E-state index contributed by atoms with van der Waals surface area (Å²) in [5, 5.41) is 14.3. The van der Waals surface area contributed by atoms with Crippen molar-refractivity contribution in [1.82, 2.24) is 10.6 Å². The average Bonchev–Trinajstić information content (AvgIpc) is 2.18. The fourth-order valence-corrected chi connectivity index (χ4v) is 2.44. The van der Waals surface area contributed by atoms with Crippen molar-refractivity contribution in [1.29, 1.82) is 0 Å². The van der Waals surface area contributed by atoms with Crippen LogP contribution < -0.4 is 10.6 Å². The maximum absolute atomic E-state index is 10.6. The predicted molar refractivity (Wildman–Crippen MR) is 60.1 cm³/mol. The largest absolute Gasteiger partial charge is 0.465 e. The molecule has 1 unspecified atom stereocenters. The lowest BCUT2D eigenvalue weighted by molar-refractivity contribution is 0.185. The molecule has 0 spiro atoms. The highest BCUT2D eigenvalue weighted by Gasteiger charge is 2.19. The van der Waals surface area contributed by atoms with Crippen molar-refractivity contribution in [2.45, 2.75) is 44.6 Å². The van der Waals surface area contributed by atoms with E-state index in [2.05, 4.69) is 10.6 Å². The SMILES string of the molecule is CNCC(CC1CCCCC1)NC(=O)O. The van der Waals surface area contributed by atoms with Crippen LogP contribution in [0.1, 0.15) is 38.5 Å². The van der Waals surface area contributed by atoms with Gasteiger partial charge in [-0.3, -0.25) is 0 Å². The zero-order chi connectivity index (χ0) is 11.1. The maximum atomic E-state index is 10.6. The summed E-state index contributed by atoms with van der Waals surface area (Å²) in [5.74, 6) is 0.712. The Morgan fingerprint density at radius 2 is 2.07 bits per heavy atom. The molecule has 4 heteroatoms. The van der Waals surface area contributed by atoms with E-state index in [4.69, 9.17) is 5.11 Å². The smallest absolute Gasteiger partial charge is 0.404 e. The van der Waals surface area contributed by atoms with Gasteiger partial charge in [0, 0.05) is 12.6 Å². The monoisotopic (exact) mass is 214 g/mol. The van der Waals surface area contributed by atoms with Gasteiger partial charge in [0.2, 0.25) is 0 Å². The van der Waals surface area contributed by atoms with Crippen LogP contribution in [0.25, 0.3) is 0 Å². The average molecular weight is 214 g/mol. The van der Waals surface area contributed by atoms with Gasteiger partial charge in [0.25, 0.3) is 0 Å². The molecule has 1 fully saturated rings. The van der Waals surface area contributed by atoms with E-state index in [9.17, 15) is 4.79 Å². The van der Waals surface area contributed by atoms with Crippen LogP contribution in [0.3, 0.4) is 0 Å². The number of carbonyl (C=O) groups is 1. The Kier molecular flexibility index (Phi) is 5.47. The van der Waals surface area contributed by atoms with Crippen LogP contribution in [0.4, 0.5) is 4.79 Å². The first-order chi connectivity index (χ1) is 7.22. The van der Waals surface area contributed by atoms with Crippen molar-refractivity contribution in [3.05, 3.63) is 0 Å². The molecule has 0 aromatic heterocycles. The molecule has 88 valence electrons. The fourth-order valence-electron chi connectivity index (χ4n) is 2.44. The van der Waals surface area contributed by atoms with Crippen LogP contribution >= 0.6 is 0 Å². The van der Waals surface area contributed by atoms with Crippen LogP contribution in [0.2, 0.25) is 0 Å². The molecule has 3 N–H and O–H groups in total. The zero-order valence-electron chi connectivity index (χ0n) is 9.46. The molecule has 1 saturated carbocycles. The van der Waals surface area contributed by atoms with Crippen molar-refractivity contribution in [3.63, 3.8) is 0 Å². The molecule has 0 aromatic rings. The Morgan fingerprint density at radius 3 is 2.60 bits per heavy atom. The summed E-state index contributed by atoms with van der Waals surface area (Å²) < 4.78 is 0. The van der Waals surface area contributed by atoms with Gasteiger partial charge in [-0.25, -0.2) is 4.79 Å². The standard InChI is InChI=1S/C11H22N2O2/c1-12-8-10(13-11(14)15)7-9-5-3-2-4-6-9/h9-10,12-13H,2-8H2,1H3,(H,14,15). The van der Waals surface area contributed by atoms with E-state index in [1.807, 2.05) is 7.05 Å². The van der Waals surface area contributed by atoms with Gasteiger partial charge in [-0.1, -0.05) is 32.1 Å². The quantitative estimate of drug-likeness (QED) is 0.654. The number of hydrogen-bond donors (Lipinski definition) is 3. The highest BCUT2D eigenvalue weighted by atomic mass is 16.4. The van der Waals surface area contributed by atoms with Gasteiger partial charge in [-0.15, -0.1) is 0 Å². The van der Waals surface area contributed by atoms with E-state index in [-0.39, 0.29) is 6.04 Å². The summed E-state index contributed by atoms with van der Waals surface area (Å²) >= 11 is 0. The third-order valence-electron chi connectivity index (χ3n) is 3.12. The Balaban J connectivity index is 2.31. The third-order valence-corrected chi connectivity index (χ3v) is 3.12. The molecule has 0 heterocycles. The van der Waals surface area contributed by atoms with Crippen LogP contribution in [0, 0.1) is 5.92 Å². The number of rotatable bonds is 5. The van der Waals surface area contributed by atoms with E-state index in [0.29, 0.717) is 5.92 Å². The first-order valence-electron chi connectivity index (χ1n) is 5.86. The highest BCUT2D eigenvalue weighted by molar-refractivity contribution is 5.64. The van der Waals surface area contributed by atoms with Crippen molar-refractivity contribution in [3.8, 4) is 0 Å². The number of hydrogen-bond acceptors (Lipinski definition) is 2. The molecule has 1 aliphatic rings. The summed E-state index contributed by atoms with van der Waals surface area (Å²) in [5.41, 5.74) is 0. The fraction of sp³-hybridized carbons (Fsp3) is 0.909. The molecule has 1 atom stereocenters. The van der Waals surface area contributed by atoms with Crippen LogP contribution in [-0.4, -0.2) is 30.8 Å². The molecular weight excluding hydrogens is 192 g/mol. The summed E-state index contributed by atoms with van der Waals surface area (Å²) in [6.45, 7) is 0.725. The third kappa shape index (κ3) is 5.02. The van der Waals surface area contributed by atoms with E-state index in [1.54, 1.807) is 0 Å². The van der Waals surface area contributed by atoms with Gasteiger partial charge in [0.1, 0.15) is 0 Å². The van der Waals surface area contributed by atoms with Crippen LogP contribution in [0.5, 0.6) is 0 Å². The first-order valence-corrected chi connectivity index (χ1v) is 5.86. The lowest BCUT2D eigenvalue weighted by atomic mass is 9.85. The molecule has 1 aliphatic carbocycles. The van der Waals surface area contributed by atoms with Gasteiger partial charge in [-0.2, -0.15) is 0 Å². The van der Waals surface area contributed by atoms with Gasteiger partial charge in [0.05, 0.1) is 0 Å². The minimum absolute atomic E-state index is 0.0654. The summed E-state index contributed by atoms with van der Waals surface area (Å²) in [6, 6.07) is 0.0654. The zero-order valence-corrected chi connectivity index (χ0v) is 9.46. The van der Waals surface area contributed by atoms with Crippen molar-refractivity contribution < 1.29 is 9.90 Å². The number of nitrogens with one attached hydrogen (secondary N) is 2. The molecule has 0 aromatic carbocycles. The molecule has 0 radical (unpaired) electrons. The van der Waals surface area contributed by atoms with E-state index in [0.717, 1.165) is 13.0 Å². The van der Waals surface area contributed by atoms with E-state index in [1.165, 1.54) is 32.1 Å². The Labute approximate surface area is 91.4 Å². The number of carboxylic acid groups (broad SMARTS) is 1. The maximum Gasteiger partial charge on any atom is 0.404 e. The normalized spacial score (nSPS) is 19.8. The number of likely N-dealkylation sites (N-methyl/N-ethyl adjacent to an activating group) is 1. The highest BCUT2D eigenvalue weighted by Crippen LogP contribution is 2.27. The lowest BCUT2D eigenvalue weighted by Crippen LogP contribution is -2.41. The van der Waals surface area contributed by atoms with E-state index < -0.39 is 6.09 Å². The topological polar surface area (TPSA) is 61.4 Å². The molecule has 0 aliphatic heterocycles. The molecule has 1 amide bonds. The Morgan fingerprint density at radius 1 is 1.40 bits per heavy atom. The summed E-state index contributed by atoms with van der Waals surface area (Å²) in [4.78, 5) is 10.6. The van der Waals surface area contributed by atoms with Gasteiger partial charge >= 0.3 is 6.09 Å². The molecular formula is C11H22N2O2. The van der Waals surface area contributed by atoms with Crippen molar-refractivity contribution in [2.24, 2.45) is 5.92 Å². The Bertz CT molecular complexity index is 191. The summed E-state index contributed by atoms with van der Waals surface area (Å²) in [6.07, 6.45) is 6.56.